The van der Waals surface area contributed by atoms with Crippen LogP contribution in [0.15, 0.2) is 18.2 Å². The Hall–Kier alpha value is -1.15. The molecule has 1 saturated carbocycles. The largest absolute Gasteiger partial charge is 0.494 e. The maximum Gasteiger partial charge on any atom is 0.209 e. The van der Waals surface area contributed by atoms with Crippen molar-refractivity contribution in [2.24, 2.45) is 0 Å². The van der Waals surface area contributed by atoms with E-state index in [-0.39, 0.29) is 18.2 Å². The van der Waals surface area contributed by atoms with Crippen molar-refractivity contribution in [1.29, 1.82) is 0 Å². The zero-order chi connectivity index (χ0) is 20.9. The highest BCUT2D eigenvalue weighted by Crippen LogP contribution is 2.39. The van der Waals surface area contributed by atoms with Gasteiger partial charge in [-0.05, 0) is 76.5 Å². The quantitative estimate of drug-likeness (QED) is 0.671. The zero-order valence-electron chi connectivity index (χ0n) is 17.9. The topological polar surface area (TPSA) is 76.7 Å². The molecular formula is C22H36N2O4S. The number of piperidine rings is 1. The van der Waals surface area contributed by atoms with Crippen LogP contribution in [0, 0.1) is 6.92 Å². The van der Waals surface area contributed by atoms with E-state index in [9.17, 15) is 8.42 Å². The lowest BCUT2D eigenvalue weighted by atomic mass is 9.82. The second kappa shape index (κ2) is 10.2. The molecule has 3 rings (SSSR count). The third-order valence-electron chi connectivity index (χ3n) is 6.04. The molecule has 0 radical (unpaired) electrons. The molecule has 0 bridgehead atoms. The summed E-state index contributed by atoms with van der Waals surface area (Å²) in [5.74, 6) is 1.53. The lowest BCUT2D eigenvalue weighted by Gasteiger charge is -2.35. The number of ether oxygens (including phenoxy) is 2. The summed E-state index contributed by atoms with van der Waals surface area (Å²) in [4.78, 5) is 0. The molecule has 29 heavy (non-hydrogen) atoms. The van der Waals surface area contributed by atoms with Gasteiger partial charge in [-0.2, -0.15) is 0 Å². The smallest absolute Gasteiger partial charge is 0.209 e. The van der Waals surface area contributed by atoms with E-state index in [2.05, 4.69) is 35.2 Å². The summed E-state index contributed by atoms with van der Waals surface area (Å²) in [5.41, 5.74) is 2.60. The van der Waals surface area contributed by atoms with E-state index in [1.807, 2.05) is 6.92 Å². The van der Waals surface area contributed by atoms with E-state index in [0.29, 0.717) is 19.1 Å². The van der Waals surface area contributed by atoms with Crippen LogP contribution in [-0.2, 0) is 14.8 Å². The number of hydrogen-bond donors (Lipinski definition) is 2. The molecular weight excluding hydrogens is 388 g/mol. The van der Waals surface area contributed by atoms with Crippen molar-refractivity contribution in [3.63, 3.8) is 0 Å². The van der Waals surface area contributed by atoms with E-state index in [0.717, 1.165) is 50.8 Å². The average Bonchev–Trinajstić information content (AvgIpc) is 2.68. The van der Waals surface area contributed by atoms with E-state index in [4.69, 9.17) is 9.47 Å². The van der Waals surface area contributed by atoms with Crippen molar-refractivity contribution in [2.45, 2.75) is 76.5 Å². The van der Waals surface area contributed by atoms with Gasteiger partial charge in [-0.25, -0.2) is 13.1 Å². The van der Waals surface area contributed by atoms with Gasteiger partial charge in [0.25, 0.3) is 0 Å². The lowest BCUT2D eigenvalue weighted by molar-refractivity contribution is 0.00511. The van der Waals surface area contributed by atoms with Gasteiger partial charge in [0.15, 0.2) is 0 Å². The first-order valence-corrected chi connectivity index (χ1v) is 12.8. The Morgan fingerprint density at radius 2 is 1.93 bits per heavy atom. The van der Waals surface area contributed by atoms with Crippen molar-refractivity contribution in [3.05, 3.63) is 29.3 Å². The van der Waals surface area contributed by atoms with Crippen LogP contribution < -0.4 is 14.8 Å². The first kappa shape index (κ1) is 22.5. The number of rotatable bonds is 8. The Morgan fingerprint density at radius 3 is 2.62 bits per heavy atom. The molecule has 1 aromatic carbocycles. The van der Waals surface area contributed by atoms with E-state index < -0.39 is 10.0 Å². The van der Waals surface area contributed by atoms with Crippen LogP contribution in [-0.4, -0.2) is 52.6 Å². The summed E-state index contributed by atoms with van der Waals surface area (Å²) in [6.45, 7) is 6.31. The molecule has 1 saturated heterocycles. The fraction of sp³-hybridized carbons (Fsp3) is 0.727. The minimum atomic E-state index is -3.21. The maximum absolute atomic E-state index is 11.6. The summed E-state index contributed by atoms with van der Waals surface area (Å²) in [6.07, 6.45) is 7.55. The monoisotopic (exact) mass is 424 g/mol. The number of benzene rings is 1. The van der Waals surface area contributed by atoms with E-state index in [1.54, 1.807) is 0 Å². The van der Waals surface area contributed by atoms with Gasteiger partial charge >= 0.3 is 0 Å². The Balaban J connectivity index is 1.52. The summed E-state index contributed by atoms with van der Waals surface area (Å²) in [5, 5.41) is 3.43. The SMILES string of the molecule is CCOc1ccc(C)cc1C1CCC(OC[C@@H]2NCCC[C@@H]2NS(C)(=O)=O)CC1. The van der Waals surface area contributed by atoms with Gasteiger partial charge in [0.1, 0.15) is 5.75 Å². The number of hydrogen-bond acceptors (Lipinski definition) is 5. The van der Waals surface area contributed by atoms with Gasteiger partial charge < -0.3 is 14.8 Å². The number of nitrogens with one attached hydrogen (secondary N) is 2. The first-order chi connectivity index (χ1) is 13.9. The van der Waals surface area contributed by atoms with Gasteiger partial charge in [0.05, 0.1) is 25.6 Å². The number of aryl methyl sites for hydroxylation is 1. The molecule has 2 fully saturated rings. The van der Waals surface area contributed by atoms with Crippen molar-refractivity contribution in [1.82, 2.24) is 10.0 Å². The third kappa shape index (κ3) is 6.67. The average molecular weight is 425 g/mol. The predicted octanol–water partition coefficient (Wildman–Crippen LogP) is 3.11. The van der Waals surface area contributed by atoms with Gasteiger partial charge in [-0.15, -0.1) is 0 Å². The van der Waals surface area contributed by atoms with Crippen molar-refractivity contribution in [2.75, 3.05) is 26.0 Å². The second-order valence-corrected chi connectivity index (χ2v) is 10.3. The van der Waals surface area contributed by atoms with Crippen LogP contribution in [0.4, 0.5) is 0 Å². The van der Waals surface area contributed by atoms with E-state index in [1.165, 1.54) is 17.4 Å². The summed E-state index contributed by atoms with van der Waals surface area (Å²) < 4.78 is 38.1. The van der Waals surface area contributed by atoms with Crippen LogP contribution in [0.1, 0.15) is 62.5 Å². The fourth-order valence-corrected chi connectivity index (χ4v) is 5.43. The molecule has 1 aliphatic heterocycles. The van der Waals surface area contributed by atoms with Gasteiger partial charge in [0.2, 0.25) is 10.0 Å². The molecule has 2 atom stereocenters. The lowest BCUT2D eigenvalue weighted by Crippen LogP contribution is -2.55. The summed E-state index contributed by atoms with van der Waals surface area (Å²) in [7, 11) is -3.21. The maximum atomic E-state index is 11.6. The molecule has 1 aliphatic carbocycles. The molecule has 0 unspecified atom stereocenters. The molecule has 2 aliphatic rings. The van der Waals surface area contributed by atoms with Crippen LogP contribution >= 0.6 is 0 Å². The van der Waals surface area contributed by atoms with Gasteiger partial charge in [0, 0.05) is 12.1 Å². The van der Waals surface area contributed by atoms with Crippen LogP contribution in [0.25, 0.3) is 0 Å². The van der Waals surface area contributed by atoms with E-state index >= 15 is 0 Å². The van der Waals surface area contributed by atoms with Crippen LogP contribution in [0.2, 0.25) is 0 Å². The summed E-state index contributed by atoms with van der Waals surface area (Å²) in [6, 6.07) is 6.43. The molecule has 1 aromatic rings. The highest BCUT2D eigenvalue weighted by Gasteiger charge is 2.30. The summed E-state index contributed by atoms with van der Waals surface area (Å²) >= 11 is 0. The molecule has 0 amide bonds. The molecule has 0 aromatic heterocycles. The van der Waals surface area contributed by atoms with Crippen LogP contribution in [0.3, 0.4) is 0 Å². The highest BCUT2D eigenvalue weighted by atomic mass is 32.2. The van der Waals surface area contributed by atoms with Crippen molar-refractivity contribution in [3.8, 4) is 5.75 Å². The number of sulfonamides is 1. The molecule has 0 spiro atoms. The van der Waals surface area contributed by atoms with Crippen molar-refractivity contribution < 1.29 is 17.9 Å². The fourth-order valence-electron chi connectivity index (χ4n) is 4.60. The van der Waals surface area contributed by atoms with Gasteiger partial charge in [-0.3, -0.25) is 0 Å². The normalized spacial score (nSPS) is 28.2. The minimum Gasteiger partial charge on any atom is -0.494 e. The van der Waals surface area contributed by atoms with Gasteiger partial charge in [-0.1, -0.05) is 17.7 Å². The Kier molecular flexibility index (Phi) is 7.96. The van der Waals surface area contributed by atoms with Crippen molar-refractivity contribution >= 4 is 10.0 Å². The molecule has 164 valence electrons. The molecule has 7 heteroatoms. The predicted molar refractivity (Wildman–Crippen MR) is 116 cm³/mol. The Labute approximate surface area is 175 Å². The second-order valence-electron chi connectivity index (χ2n) is 8.48. The third-order valence-corrected chi connectivity index (χ3v) is 6.77. The highest BCUT2D eigenvalue weighted by molar-refractivity contribution is 7.88. The van der Waals surface area contributed by atoms with Crippen LogP contribution in [0.5, 0.6) is 5.75 Å². The molecule has 1 heterocycles. The minimum absolute atomic E-state index is 0.0394. The molecule has 2 N–H and O–H groups in total. The zero-order valence-corrected chi connectivity index (χ0v) is 18.8. The molecule has 6 nitrogen and oxygen atoms in total. The Morgan fingerprint density at radius 1 is 1.17 bits per heavy atom. The first-order valence-electron chi connectivity index (χ1n) is 10.9. The standard InChI is InChI=1S/C22H36N2O4S/c1-4-27-22-12-7-16(2)14-19(22)17-8-10-18(11-9-17)28-15-21-20(6-5-13-23-21)24-29(3,25)26/h7,12,14,17-18,20-21,23-24H,4-6,8-11,13,15H2,1-3H3/t17?,18?,20-,21-/m0/s1. The Bertz CT molecular complexity index is 760.